The summed E-state index contributed by atoms with van der Waals surface area (Å²) in [6, 6.07) is 18.8. The zero-order valence-electron chi connectivity index (χ0n) is 14.3. The molecule has 0 bridgehead atoms. The minimum atomic E-state index is -0.522. The number of aromatic nitrogens is 3. The number of benzene rings is 2. The van der Waals surface area contributed by atoms with E-state index >= 15 is 0 Å². The van der Waals surface area contributed by atoms with Gasteiger partial charge in [-0.25, -0.2) is 9.97 Å². The Kier molecular flexibility index (Phi) is 4.52. The van der Waals surface area contributed by atoms with Crippen LogP contribution in [0.4, 0.5) is 11.6 Å². The zero-order valence-corrected chi connectivity index (χ0v) is 15.1. The molecule has 5 N–H and O–H groups in total. The van der Waals surface area contributed by atoms with E-state index in [0.717, 1.165) is 16.5 Å². The topological polar surface area (TPSA) is 111 Å². The lowest BCUT2D eigenvalue weighted by Gasteiger charge is -2.15. The Balaban J connectivity index is 1.77. The number of hydrogen-bond acceptors (Lipinski definition) is 6. The number of hydrogen-bond donors (Lipinski definition) is 3. The van der Waals surface area contributed by atoms with Crippen molar-refractivity contribution >= 4 is 40.1 Å². The van der Waals surface area contributed by atoms with Crippen LogP contribution in [-0.4, -0.2) is 20.7 Å². The van der Waals surface area contributed by atoms with E-state index < -0.39 is 5.25 Å². The molecule has 2 aromatic heterocycles. The van der Waals surface area contributed by atoms with Gasteiger partial charge in [0.1, 0.15) is 16.9 Å². The summed E-state index contributed by atoms with van der Waals surface area (Å²) in [6.07, 6.45) is 1.75. The number of aromatic amines is 1. The Bertz CT molecular complexity index is 1090. The van der Waals surface area contributed by atoms with Gasteiger partial charge in [-0.05, 0) is 11.6 Å². The van der Waals surface area contributed by atoms with E-state index in [4.69, 9.17) is 11.5 Å². The van der Waals surface area contributed by atoms with Gasteiger partial charge in [0.2, 0.25) is 0 Å². The summed E-state index contributed by atoms with van der Waals surface area (Å²) in [6.45, 7) is 0. The molecule has 4 rings (SSSR count). The van der Waals surface area contributed by atoms with Crippen LogP contribution in [0.25, 0.3) is 10.9 Å². The normalized spacial score (nSPS) is 12.1. The highest BCUT2D eigenvalue weighted by Crippen LogP contribution is 2.38. The molecule has 0 fully saturated rings. The lowest BCUT2D eigenvalue weighted by atomic mass is 10.0. The second kappa shape index (κ2) is 7.13. The third-order valence-corrected chi connectivity index (χ3v) is 5.28. The number of nitrogens with zero attached hydrogens (tertiary/aromatic N) is 2. The van der Waals surface area contributed by atoms with Crippen LogP contribution in [-0.2, 0) is 0 Å². The number of fused-ring (bicyclic) bond motifs is 1. The van der Waals surface area contributed by atoms with Crippen molar-refractivity contribution in [3.63, 3.8) is 0 Å². The highest BCUT2D eigenvalue weighted by atomic mass is 32.2. The fourth-order valence-corrected chi connectivity index (χ4v) is 3.99. The maximum atomic E-state index is 13.4. The third kappa shape index (κ3) is 3.50. The summed E-state index contributed by atoms with van der Waals surface area (Å²) in [7, 11) is 0. The Morgan fingerprint density at radius 1 is 0.963 bits per heavy atom. The molecule has 0 aliphatic heterocycles. The van der Waals surface area contributed by atoms with Crippen molar-refractivity contribution in [2.45, 2.75) is 10.4 Å². The van der Waals surface area contributed by atoms with Crippen molar-refractivity contribution in [2.24, 2.45) is 0 Å². The van der Waals surface area contributed by atoms with Gasteiger partial charge in [0.25, 0.3) is 0 Å². The van der Waals surface area contributed by atoms with E-state index in [0.29, 0.717) is 10.7 Å². The van der Waals surface area contributed by atoms with Gasteiger partial charge in [0.15, 0.2) is 10.9 Å². The Hall–Kier alpha value is -3.32. The van der Waals surface area contributed by atoms with Crippen molar-refractivity contribution in [2.75, 3.05) is 11.5 Å². The van der Waals surface area contributed by atoms with E-state index in [2.05, 4.69) is 15.0 Å². The van der Waals surface area contributed by atoms with Crippen molar-refractivity contribution in [3.05, 3.63) is 78.0 Å². The molecule has 6 nitrogen and oxygen atoms in total. The number of carbonyl (C=O) groups excluding carboxylic acids is 1. The van der Waals surface area contributed by atoms with Crippen molar-refractivity contribution in [1.29, 1.82) is 0 Å². The fourth-order valence-electron chi connectivity index (χ4n) is 2.94. The lowest BCUT2D eigenvalue weighted by molar-refractivity contribution is 0.0991. The molecule has 0 saturated heterocycles. The van der Waals surface area contributed by atoms with Gasteiger partial charge in [0.05, 0.1) is 0 Å². The second-order valence-corrected chi connectivity index (χ2v) is 7.09. The average Bonchev–Trinajstić information content (AvgIpc) is 3.10. The molecule has 2 heterocycles. The predicted molar refractivity (Wildman–Crippen MR) is 109 cm³/mol. The highest BCUT2D eigenvalue weighted by Gasteiger charge is 2.26. The number of para-hydroxylation sites is 1. The van der Waals surface area contributed by atoms with Crippen LogP contribution in [0.1, 0.15) is 21.2 Å². The van der Waals surface area contributed by atoms with Gasteiger partial charge in [-0.1, -0.05) is 60.3 Å². The van der Waals surface area contributed by atoms with E-state index in [9.17, 15) is 4.79 Å². The Labute approximate surface area is 160 Å². The summed E-state index contributed by atoms with van der Waals surface area (Å²) in [5.41, 5.74) is 14.0. The quantitative estimate of drug-likeness (QED) is 0.278. The predicted octanol–water partition coefficient (Wildman–Crippen LogP) is 3.84. The molecule has 7 heteroatoms. The van der Waals surface area contributed by atoms with E-state index in [-0.39, 0.29) is 17.4 Å². The van der Waals surface area contributed by atoms with Gasteiger partial charge in [-0.15, -0.1) is 0 Å². The van der Waals surface area contributed by atoms with Crippen LogP contribution in [0.2, 0.25) is 0 Å². The zero-order chi connectivity index (χ0) is 18.8. The monoisotopic (exact) mass is 375 g/mol. The average molecular weight is 375 g/mol. The van der Waals surface area contributed by atoms with Gasteiger partial charge >= 0.3 is 0 Å². The number of H-pyrrole nitrogens is 1. The molecule has 134 valence electrons. The largest absolute Gasteiger partial charge is 0.383 e. The third-order valence-electron chi connectivity index (χ3n) is 4.16. The molecule has 27 heavy (non-hydrogen) atoms. The molecular formula is C20H17N5OS. The fraction of sp³-hybridized carbons (Fsp3) is 0.0500. The molecular weight excluding hydrogens is 358 g/mol. The Morgan fingerprint density at radius 3 is 2.37 bits per heavy atom. The number of rotatable bonds is 5. The highest BCUT2D eigenvalue weighted by molar-refractivity contribution is 8.00. The lowest BCUT2D eigenvalue weighted by Crippen LogP contribution is -2.11. The number of ketones is 1. The molecule has 0 aliphatic rings. The van der Waals surface area contributed by atoms with Crippen molar-refractivity contribution in [1.82, 2.24) is 15.0 Å². The summed E-state index contributed by atoms with van der Waals surface area (Å²) in [4.78, 5) is 25.0. The molecule has 0 aliphatic carbocycles. The molecule has 0 unspecified atom stereocenters. The summed E-state index contributed by atoms with van der Waals surface area (Å²) in [5.74, 6) is 0.515. The van der Waals surface area contributed by atoms with E-state index in [1.807, 2.05) is 54.6 Å². The van der Waals surface area contributed by atoms with Crippen LogP contribution in [0.3, 0.4) is 0 Å². The first-order valence-electron chi connectivity index (χ1n) is 8.34. The first kappa shape index (κ1) is 17.1. The molecule has 1 atom stereocenters. The number of nitrogen functional groups attached to an aromatic ring is 2. The summed E-state index contributed by atoms with van der Waals surface area (Å²) in [5, 5.41) is 0.734. The van der Waals surface area contributed by atoms with Gasteiger partial charge < -0.3 is 16.5 Å². The first-order valence-corrected chi connectivity index (χ1v) is 9.22. The van der Waals surface area contributed by atoms with Crippen molar-refractivity contribution < 1.29 is 4.79 Å². The minimum absolute atomic E-state index is 0.0340. The first-order chi connectivity index (χ1) is 13.1. The number of anilines is 2. The number of carbonyl (C=O) groups is 1. The Morgan fingerprint density at radius 2 is 1.63 bits per heavy atom. The smallest absolute Gasteiger partial charge is 0.192 e. The van der Waals surface area contributed by atoms with Crippen LogP contribution < -0.4 is 11.5 Å². The van der Waals surface area contributed by atoms with Gasteiger partial charge in [0, 0.05) is 28.7 Å². The van der Waals surface area contributed by atoms with Crippen LogP contribution >= 0.6 is 11.8 Å². The van der Waals surface area contributed by atoms with E-state index in [1.165, 1.54) is 17.8 Å². The number of nitrogens with two attached hydrogens (primary N) is 2. The van der Waals surface area contributed by atoms with Gasteiger partial charge in [-0.2, -0.15) is 0 Å². The van der Waals surface area contributed by atoms with Crippen molar-refractivity contribution in [3.8, 4) is 0 Å². The molecule has 4 aromatic rings. The number of thioether (sulfide) groups is 1. The molecule has 0 radical (unpaired) electrons. The maximum Gasteiger partial charge on any atom is 0.192 e. The molecule has 0 saturated carbocycles. The number of nitrogens with one attached hydrogen (secondary N) is 1. The van der Waals surface area contributed by atoms with Crippen LogP contribution in [0, 0.1) is 0 Å². The standard InChI is InChI=1S/C20H17N5OS/c21-16-10-17(22)25-20(24-16)27-19(12-6-2-1-3-7-12)18(26)14-11-23-15-9-5-4-8-13(14)15/h1-11,19,23H,(H4,21,22,24,25)/t19-/m0/s1. The second-order valence-electron chi connectivity index (χ2n) is 6.02. The SMILES string of the molecule is Nc1cc(N)nc(S[C@H](C(=O)c2c[nH]c3ccccc23)c2ccccc2)n1. The van der Waals surface area contributed by atoms with Gasteiger partial charge in [-0.3, -0.25) is 4.79 Å². The minimum Gasteiger partial charge on any atom is -0.383 e. The van der Waals surface area contributed by atoms with E-state index in [1.54, 1.807) is 6.20 Å². The maximum absolute atomic E-state index is 13.4. The van der Waals surface area contributed by atoms with Crippen LogP contribution in [0.5, 0.6) is 0 Å². The summed E-state index contributed by atoms with van der Waals surface area (Å²) >= 11 is 1.24. The molecule has 0 amide bonds. The van der Waals surface area contributed by atoms with Crippen LogP contribution in [0.15, 0.2) is 72.0 Å². The number of Topliss-reactive ketones (excluding diaryl/α,β-unsaturated/α-hetero) is 1. The molecule has 2 aromatic carbocycles. The summed E-state index contributed by atoms with van der Waals surface area (Å²) < 4.78 is 0. The molecule has 0 spiro atoms.